The third kappa shape index (κ3) is 3.60. The number of aromatic nitrogens is 2. The van der Waals surface area contributed by atoms with Crippen molar-refractivity contribution in [3.63, 3.8) is 0 Å². The maximum absolute atomic E-state index is 5.75. The van der Waals surface area contributed by atoms with Crippen LogP contribution in [0.15, 0.2) is 12.3 Å². The lowest BCUT2D eigenvalue weighted by molar-refractivity contribution is -0.0566. The summed E-state index contributed by atoms with van der Waals surface area (Å²) < 4.78 is 5.70. The number of nitrogens with zero attached hydrogens (tertiary/aromatic N) is 2. The molecule has 0 aliphatic rings. The summed E-state index contributed by atoms with van der Waals surface area (Å²) in [5.74, 6) is 0.618. The Morgan fingerprint density at radius 2 is 2.07 bits per heavy atom. The van der Waals surface area contributed by atoms with Gasteiger partial charge in [-0.2, -0.15) is 0 Å². The first-order valence-corrected chi connectivity index (χ1v) is 4.92. The summed E-state index contributed by atoms with van der Waals surface area (Å²) in [5, 5.41) is 0.444. The number of hydrogen-bond acceptors (Lipinski definition) is 3. The van der Waals surface area contributed by atoms with Crippen molar-refractivity contribution in [2.45, 2.75) is 39.4 Å². The van der Waals surface area contributed by atoms with Gasteiger partial charge in [0.05, 0.1) is 5.60 Å². The van der Waals surface area contributed by atoms with Crippen LogP contribution < -0.4 is 0 Å². The molecular weight excluding hydrogens is 200 g/mol. The first kappa shape index (κ1) is 11.4. The molecule has 4 heteroatoms. The number of hydrogen-bond donors (Lipinski definition) is 0. The van der Waals surface area contributed by atoms with E-state index in [0.29, 0.717) is 11.0 Å². The monoisotopic (exact) mass is 214 g/mol. The molecule has 14 heavy (non-hydrogen) atoms. The average molecular weight is 215 g/mol. The van der Waals surface area contributed by atoms with Gasteiger partial charge in [-0.15, -0.1) is 0 Å². The van der Waals surface area contributed by atoms with Crippen LogP contribution >= 0.6 is 11.6 Å². The molecule has 0 unspecified atom stereocenters. The molecule has 0 aliphatic carbocycles. The molecule has 0 saturated heterocycles. The van der Waals surface area contributed by atoms with Crippen LogP contribution in [0.2, 0.25) is 5.15 Å². The van der Waals surface area contributed by atoms with E-state index in [1.54, 1.807) is 12.3 Å². The van der Waals surface area contributed by atoms with Crippen LogP contribution in [-0.4, -0.2) is 15.6 Å². The fourth-order valence-corrected chi connectivity index (χ4v) is 1.27. The van der Waals surface area contributed by atoms with Crippen molar-refractivity contribution in [3.05, 3.63) is 23.2 Å². The van der Waals surface area contributed by atoms with Crippen molar-refractivity contribution < 1.29 is 4.74 Å². The molecule has 78 valence electrons. The molecule has 0 aliphatic heterocycles. The maximum Gasteiger partial charge on any atom is 0.158 e. The van der Waals surface area contributed by atoms with Crippen molar-refractivity contribution >= 4 is 11.6 Å². The number of rotatable bonds is 2. The Labute approximate surface area is 89.5 Å². The van der Waals surface area contributed by atoms with E-state index in [4.69, 9.17) is 16.3 Å². The van der Waals surface area contributed by atoms with Crippen LogP contribution in [0.3, 0.4) is 0 Å². The zero-order valence-corrected chi connectivity index (χ0v) is 9.67. The molecule has 0 N–H and O–H groups in total. The molecule has 1 heterocycles. The van der Waals surface area contributed by atoms with Gasteiger partial charge in [0.25, 0.3) is 0 Å². The minimum absolute atomic E-state index is 0.145. The van der Waals surface area contributed by atoms with E-state index in [1.807, 2.05) is 27.7 Å². The lowest BCUT2D eigenvalue weighted by atomic mass is 10.2. The van der Waals surface area contributed by atoms with Crippen molar-refractivity contribution in [2.75, 3.05) is 0 Å². The molecule has 3 nitrogen and oxygen atoms in total. The fraction of sp³-hybridized carbons (Fsp3) is 0.600. The minimum atomic E-state index is -0.203. The van der Waals surface area contributed by atoms with Crippen molar-refractivity contribution in [3.8, 4) is 0 Å². The Hall–Kier alpha value is -0.670. The highest BCUT2D eigenvalue weighted by atomic mass is 35.5. The van der Waals surface area contributed by atoms with Gasteiger partial charge in [-0.25, -0.2) is 9.97 Å². The summed E-state index contributed by atoms with van der Waals surface area (Å²) in [5.41, 5.74) is -0.203. The molecule has 1 aromatic heterocycles. The van der Waals surface area contributed by atoms with Gasteiger partial charge in [0.2, 0.25) is 0 Å². The molecule has 1 aromatic rings. The van der Waals surface area contributed by atoms with Gasteiger partial charge in [-0.05, 0) is 33.8 Å². The maximum atomic E-state index is 5.75. The molecular formula is C10H15ClN2O. The van der Waals surface area contributed by atoms with E-state index in [0.717, 1.165) is 0 Å². The summed E-state index contributed by atoms with van der Waals surface area (Å²) in [7, 11) is 0. The average Bonchev–Trinajstić information content (AvgIpc) is 2.01. The van der Waals surface area contributed by atoms with Gasteiger partial charge in [-0.1, -0.05) is 11.6 Å². The van der Waals surface area contributed by atoms with E-state index in [-0.39, 0.29) is 11.7 Å². The normalized spacial score (nSPS) is 14.1. The van der Waals surface area contributed by atoms with Crippen molar-refractivity contribution in [1.82, 2.24) is 9.97 Å². The van der Waals surface area contributed by atoms with Crippen LogP contribution in [0.4, 0.5) is 0 Å². The van der Waals surface area contributed by atoms with Gasteiger partial charge in [0.15, 0.2) is 5.82 Å². The van der Waals surface area contributed by atoms with Gasteiger partial charge in [0.1, 0.15) is 11.3 Å². The van der Waals surface area contributed by atoms with Crippen LogP contribution in [0.25, 0.3) is 0 Å². The van der Waals surface area contributed by atoms with Gasteiger partial charge < -0.3 is 4.74 Å². The highest BCUT2D eigenvalue weighted by molar-refractivity contribution is 6.29. The van der Waals surface area contributed by atoms with E-state index >= 15 is 0 Å². The highest BCUT2D eigenvalue weighted by Crippen LogP contribution is 2.21. The molecule has 0 radical (unpaired) electrons. The highest BCUT2D eigenvalue weighted by Gasteiger charge is 2.18. The fourth-order valence-electron chi connectivity index (χ4n) is 1.13. The third-order valence-electron chi connectivity index (χ3n) is 1.53. The Morgan fingerprint density at radius 3 is 2.57 bits per heavy atom. The van der Waals surface area contributed by atoms with Crippen molar-refractivity contribution in [2.24, 2.45) is 0 Å². The lowest BCUT2D eigenvalue weighted by Gasteiger charge is -2.24. The zero-order chi connectivity index (χ0) is 10.8. The van der Waals surface area contributed by atoms with Crippen LogP contribution in [0.5, 0.6) is 0 Å². The van der Waals surface area contributed by atoms with E-state index in [1.165, 1.54) is 0 Å². The summed E-state index contributed by atoms with van der Waals surface area (Å²) in [4.78, 5) is 8.19. The van der Waals surface area contributed by atoms with E-state index in [9.17, 15) is 0 Å². The van der Waals surface area contributed by atoms with Crippen LogP contribution in [0, 0.1) is 0 Å². The largest absolute Gasteiger partial charge is 0.365 e. The van der Waals surface area contributed by atoms with Gasteiger partial charge in [0, 0.05) is 6.20 Å². The summed E-state index contributed by atoms with van der Waals surface area (Å²) in [6.45, 7) is 7.90. The first-order valence-electron chi connectivity index (χ1n) is 4.55. The Balaban J connectivity index is 2.74. The molecule has 1 atom stereocenters. The second-order valence-corrected chi connectivity index (χ2v) is 4.50. The molecule has 0 aromatic carbocycles. The quantitative estimate of drug-likeness (QED) is 0.710. The second kappa shape index (κ2) is 4.24. The van der Waals surface area contributed by atoms with E-state index < -0.39 is 0 Å². The van der Waals surface area contributed by atoms with Crippen LogP contribution in [-0.2, 0) is 4.74 Å². The van der Waals surface area contributed by atoms with E-state index in [2.05, 4.69) is 9.97 Å². The van der Waals surface area contributed by atoms with Gasteiger partial charge >= 0.3 is 0 Å². The first-order chi connectivity index (χ1) is 6.38. The predicted molar refractivity (Wildman–Crippen MR) is 56.3 cm³/mol. The summed E-state index contributed by atoms with van der Waals surface area (Å²) >= 11 is 5.75. The molecule has 0 saturated carbocycles. The minimum Gasteiger partial charge on any atom is -0.365 e. The second-order valence-electron chi connectivity index (χ2n) is 4.11. The Bertz CT molecular complexity index is 309. The zero-order valence-electron chi connectivity index (χ0n) is 8.91. The molecule has 1 rings (SSSR count). The predicted octanol–water partition coefficient (Wildman–Crippen LogP) is 3.01. The number of ether oxygens (including phenoxy) is 1. The standard InChI is InChI=1S/C10H15ClN2O/c1-7(14-10(2,3)4)9-12-6-5-8(11)13-9/h5-7H,1-4H3/t7-/m1/s1. The summed E-state index contributed by atoms with van der Waals surface area (Å²) in [6.07, 6.45) is 1.49. The molecule has 0 bridgehead atoms. The SMILES string of the molecule is C[C@@H](OC(C)(C)C)c1nccc(Cl)n1. The van der Waals surface area contributed by atoms with Crippen LogP contribution in [0.1, 0.15) is 39.6 Å². The third-order valence-corrected chi connectivity index (χ3v) is 1.74. The smallest absolute Gasteiger partial charge is 0.158 e. The molecule has 0 spiro atoms. The summed E-state index contributed by atoms with van der Waals surface area (Å²) in [6, 6.07) is 1.65. The van der Waals surface area contributed by atoms with Crippen molar-refractivity contribution in [1.29, 1.82) is 0 Å². The molecule has 0 amide bonds. The van der Waals surface area contributed by atoms with Gasteiger partial charge in [-0.3, -0.25) is 0 Å². The Kier molecular flexibility index (Phi) is 3.45. The number of halogens is 1. The molecule has 0 fully saturated rings. The lowest BCUT2D eigenvalue weighted by Crippen LogP contribution is -2.22. The Morgan fingerprint density at radius 1 is 1.43 bits per heavy atom. The topological polar surface area (TPSA) is 35.0 Å².